The Hall–Kier alpha value is -1.20. The quantitative estimate of drug-likeness (QED) is 0.765. The van der Waals surface area contributed by atoms with Gasteiger partial charge in [0.2, 0.25) is 0 Å². The minimum atomic E-state index is 0.601. The molecule has 1 N–H and O–H groups in total. The van der Waals surface area contributed by atoms with Crippen molar-refractivity contribution in [1.82, 2.24) is 0 Å². The summed E-state index contributed by atoms with van der Waals surface area (Å²) in [6.07, 6.45) is 4.96. The Balaban J connectivity index is 2.54. The second kappa shape index (κ2) is 8.00. The summed E-state index contributed by atoms with van der Waals surface area (Å²) in [6.45, 7) is 5.39. The van der Waals surface area contributed by atoms with Crippen molar-refractivity contribution in [3.05, 3.63) is 28.8 Å². The summed E-state index contributed by atoms with van der Waals surface area (Å²) in [5, 5.41) is 12.8. The van der Waals surface area contributed by atoms with Crippen LogP contribution in [0.2, 0.25) is 5.02 Å². The Labute approximate surface area is 115 Å². The van der Waals surface area contributed by atoms with E-state index in [0.717, 1.165) is 12.2 Å². The van der Waals surface area contributed by atoms with Gasteiger partial charge in [-0.1, -0.05) is 44.7 Å². The van der Waals surface area contributed by atoms with Gasteiger partial charge < -0.3 is 5.32 Å². The topological polar surface area (TPSA) is 35.8 Å². The van der Waals surface area contributed by atoms with Crippen LogP contribution >= 0.6 is 11.6 Å². The van der Waals surface area contributed by atoms with Crippen molar-refractivity contribution in [2.75, 3.05) is 11.9 Å². The molecular weight excluding hydrogens is 244 g/mol. The van der Waals surface area contributed by atoms with Crippen LogP contribution in [-0.2, 0) is 0 Å². The molecule has 0 amide bonds. The molecule has 1 atom stereocenters. The first-order chi connectivity index (χ1) is 8.71. The van der Waals surface area contributed by atoms with Gasteiger partial charge in [-0.05, 0) is 30.5 Å². The van der Waals surface area contributed by atoms with Gasteiger partial charge in [-0.15, -0.1) is 0 Å². The third-order valence-corrected chi connectivity index (χ3v) is 3.54. The number of nitriles is 1. The van der Waals surface area contributed by atoms with E-state index in [0.29, 0.717) is 16.5 Å². The van der Waals surface area contributed by atoms with Crippen molar-refractivity contribution in [3.63, 3.8) is 0 Å². The Morgan fingerprint density at radius 3 is 2.72 bits per heavy atom. The van der Waals surface area contributed by atoms with Crippen molar-refractivity contribution in [2.24, 2.45) is 5.92 Å². The zero-order valence-electron chi connectivity index (χ0n) is 11.2. The fraction of sp³-hybridized carbons (Fsp3) is 0.533. The molecule has 0 heterocycles. The molecule has 0 saturated heterocycles. The highest BCUT2D eigenvalue weighted by Crippen LogP contribution is 2.24. The molecule has 1 rings (SSSR count). The van der Waals surface area contributed by atoms with Crippen LogP contribution in [0.5, 0.6) is 0 Å². The monoisotopic (exact) mass is 264 g/mol. The normalized spacial score (nSPS) is 11.9. The smallest absolute Gasteiger partial charge is 0.0992 e. The number of hydrogen-bond donors (Lipinski definition) is 1. The maximum Gasteiger partial charge on any atom is 0.0992 e. The highest BCUT2D eigenvalue weighted by atomic mass is 35.5. The van der Waals surface area contributed by atoms with Crippen LogP contribution in [0.25, 0.3) is 0 Å². The van der Waals surface area contributed by atoms with Crippen LogP contribution in [-0.4, -0.2) is 6.54 Å². The van der Waals surface area contributed by atoms with Crippen molar-refractivity contribution < 1.29 is 0 Å². The molecule has 3 heteroatoms. The molecule has 0 fully saturated rings. The van der Waals surface area contributed by atoms with E-state index in [9.17, 15) is 0 Å². The zero-order chi connectivity index (χ0) is 13.4. The molecule has 0 bridgehead atoms. The SMILES string of the molecule is CCCCC(CC)CNc1ccc(C#N)cc1Cl. The Morgan fingerprint density at radius 2 is 2.17 bits per heavy atom. The van der Waals surface area contributed by atoms with Gasteiger partial charge in [0, 0.05) is 6.54 Å². The van der Waals surface area contributed by atoms with Crippen molar-refractivity contribution >= 4 is 17.3 Å². The van der Waals surface area contributed by atoms with Gasteiger partial charge in [-0.2, -0.15) is 5.26 Å². The van der Waals surface area contributed by atoms with E-state index >= 15 is 0 Å². The molecule has 1 aromatic rings. The van der Waals surface area contributed by atoms with Gasteiger partial charge in [-0.3, -0.25) is 0 Å². The van der Waals surface area contributed by atoms with E-state index < -0.39 is 0 Å². The van der Waals surface area contributed by atoms with Crippen molar-refractivity contribution in [2.45, 2.75) is 39.5 Å². The predicted molar refractivity (Wildman–Crippen MR) is 78.0 cm³/mol. The molecule has 18 heavy (non-hydrogen) atoms. The molecule has 0 aliphatic rings. The molecule has 0 aliphatic heterocycles. The van der Waals surface area contributed by atoms with Crippen LogP contribution in [0, 0.1) is 17.2 Å². The molecule has 1 unspecified atom stereocenters. The number of benzene rings is 1. The molecular formula is C15H21ClN2. The molecule has 0 spiro atoms. The molecule has 0 saturated carbocycles. The minimum Gasteiger partial charge on any atom is -0.384 e. The van der Waals surface area contributed by atoms with Crippen LogP contribution in [0.3, 0.4) is 0 Å². The van der Waals surface area contributed by atoms with Crippen LogP contribution < -0.4 is 5.32 Å². The van der Waals surface area contributed by atoms with Crippen molar-refractivity contribution in [1.29, 1.82) is 5.26 Å². The Bertz CT molecular complexity index is 409. The minimum absolute atomic E-state index is 0.601. The van der Waals surface area contributed by atoms with E-state index in [1.54, 1.807) is 12.1 Å². The van der Waals surface area contributed by atoms with Crippen LogP contribution in [0.15, 0.2) is 18.2 Å². The van der Waals surface area contributed by atoms with E-state index in [1.807, 2.05) is 6.07 Å². The van der Waals surface area contributed by atoms with Gasteiger partial charge >= 0.3 is 0 Å². The summed E-state index contributed by atoms with van der Waals surface area (Å²) in [4.78, 5) is 0. The lowest BCUT2D eigenvalue weighted by Crippen LogP contribution is -2.13. The fourth-order valence-corrected chi connectivity index (χ4v) is 2.17. The summed E-state index contributed by atoms with van der Waals surface area (Å²) < 4.78 is 0. The largest absolute Gasteiger partial charge is 0.384 e. The first-order valence-corrected chi connectivity index (χ1v) is 7.02. The predicted octanol–water partition coefficient (Wildman–Crippen LogP) is 4.84. The Morgan fingerprint density at radius 1 is 1.39 bits per heavy atom. The maximum atomic E-state index is 8.78. The summed E-state index contributed by atoms with van der Waals surface area (Å²) >= 11 is 6.13. The molecule has 0 radical (unpaired) electrons. The second-order valence-corrected chi connectivity index (χ2v) is 5.01. The standard InChI is InChI=1S/C15H21ClN2/c1-3-5-6-12(4-2)11-18-15-8-7-13(10-17)9-14(15)16/h7-9,12,18H,3-6,11H2,1-2H3. The van der Waals surface area contributed by atoms with Gasteiger partial charge in [-0.25, -0.2) is 0 Å². The van der Waals surface area contributed by atoms with Crippen molar-refractivity contribution in [3.8, 4) is 6.07 Å². The summed E-state index contributed by atoms with van der Waals surface area (Å²) in [6, 6.07) is 7.47. The van der Waals surface area contributed by atoms with E-state index in [1.165, 1.54) is 25.7 Å². The number of rotatable bonds is 7. The second-order valence-electron chi connectivity index (χ2n) is 4.60. The number of halogens is 1. The third-order valence-electron chi connectivity index (χ3n) is 3.22. The zero-order valence-corrected chi connectivity index (χ0v) is 11.9. The summed E-state index contributed by atoms with van der Waals surface area (Å²) in [7, 11) is 0. The number of nitrogens with one attached hydrogen (secondary N) is 1. The lowest BCUT2D eigenvalue weighted by atomic mass is 9.99. The lowest BCUT2D eigenvalue weighted by Gasteiger charge is -2.16. The number of hydrogen-bond acceptors (Lipinski definition) is 2. The molecule has 0 aromatic heterocycles. The third kappa shape index (κ3) is 4.58. The first kappa shape index (κ1) is 14.9. The highest BCUT2D eigenvalue weighted by molar-refractivity contribution is 6.33. The number of nitrogens with zero attached hydrogens (tertiary/aromatic N) is 1. The van der Waals surface area contributed by atoms with Gasteiger partial charge in [0.05, 0.1) is 22.3 Å². The average Bonchev–Trinajstić information content (AvgIpc) is 2.40. The lowest BCUT2D eigenvalue weighted by molar-refractivity contribution is 0.473. The Kier molecular flexibility index (Phi) is 6.60. The molecule has 2 nitrogen and oxygen atoms in total. The van der Waals surface area contributed by atoms with Crippen LogP contribution in [0.4, 0.5) is 5.69 Å². The fourth-order valence-electron chi connectivity index (χ4n) is 1.93. The summed E-state index contributed by atoms with van der Waals surface area (Å²) in [5.41, 5.74) is 1.52. The maximum absolute atomic E-state index is 8.78. The average molecular weight is 265 g/mol. The van der Waals surface area contributed by atoms with Gasteiger partial charge in [0.15, 0.2) is 0 Å². The highest BCUT2D eigenvalue weighted by Gasteiger charge is 2.07. The van der Waals surface area contributed by atoms with Gasteiger partial charge in [0.1, 0.15) is 0 Å². The molecule has 1 aromatic carbocycles. The van der Waals surface area contributed by atoms with E-state index in [2.05, 4.69) is 25.2 Å². The number of anilines is 1. The summed E-state index contributed by atoms with van der Waals surface area (Å²) in [5.74, 6) is 0.691. The number of unbranched alkanes of at least 4 members (excludes halogenated alkanes) is 1. The van der Waals surface area contributed by atoms with E-state index in [-0.39, 0.29) is 0 Å². The first-order valence-electron chi connectivity index (χ1n) is 6.64. The van der Waals surface area contributed by atoms with E-state index in [4.69, 9.17) is 16.9 Å². The van der Waals surface area contributed by atoms with Gasteiger partial charge in [0.25, 0.3) is 0 Å². The molecule has 98 valence electrons. The molecule has 0 aliphatic carbocycles. The van der Waals surface area contributed by atoms with Crippen LogP contribution in [0.1, 0.15) is 45.1 Å².